The van der Waals surface area contributed by atoms with E-state index in [1.807, 2.05) is 16.7 Å². The molecule has 7 nitrogen and oxygen atoms in total. The number of nitrogens with zero attached hydrogens (tertiary/aromatic N) is 4. The molecule has 0 saturated heterocycles. The molecule has 144 valence electrons. The maximum Gasteiger partial charge on any atom is 0.234 e. The van der Waals surface area contributed by atoms with Crippen molar-refractivity contribution in [3.05, 3.63) is 54.4 Å². The van der Waals surface area contributed by atoms with Crippen molar-refractivity contribution < 1.29 is 9.59 Å². The van der Waals surface area contributed by atoms with Gasteiger partial charge in [0.1, 0.15) is 0 Å². The molecule has 0 saturated carbocycles. The van der Waals surface area contributed by atoms with Gasteiger partial charge in [0.2, 0.25) is 5.91 Å². The van der Waals surface area contributed by atoms with Gasteiger partial charge in [0.25, 0.3) is 0 Å². The third kappa shape index (κ3) is 4.83. The van der Waals surface area contributed by atoms with Crippen molar-refractivity contribution in [1.29, 1.82) is 0 Å². The lowest BCUT2D eigenvalue weighted by atomic mass is 10.1. The fourth-order valence-electron chi connectivity index (χ4n) is 2.68. The first-order chi connectivity index (χ1) is 13.6. The number of hydrogen-bond acceptors (Lipinski definition) is 6. The number of carbonyl (C=O) groups excluding carboxylic acids is 2. The highest BCUT2D eigenvalue weighted by atomic mass is 32.2. The summed E-state index contributed by atoms with van der Waals surface area (Å²) < 4.78 is 2.02. The Balaban J connectivity index is 1.69. The average molecular weight is 395 g/mol. The van der Waals surface area contributed by atoms with Crippen LogP contribution >= 0.6 is 11.8 Å². The van der Waals surface area contributed by atoms with Crippen LogP contribution in [0.15, 0.2) is 53.9 Å². The molecule has 2 heterocycles. The Morgan fingerprint density at radius 2 is 1.93 bits per heavy atom. The Kier molecular flexibility index (Phi) is 6.54. The minimum atomic E-state index is -0.165. The summed E-state index contributed by atoms with van der Waals surface area (Å²) >= 11 is 1.34. The first kappa shape index (κ1) is 19.8. The van der Waals surface area contributed by atoms with Crippen LogP contribution < -0.4 is 5.32 Å². The normalized spacial score (nSPS) is 10.6. The number of thioether (sulfide) groups is 1. The van der Waals surface area contributed by atoms with Crippen molar-refractivity contribution >= 4 is 29.1 Å². The van der Waals surface area contributed by atoms with E-state index in [0.717, 1.165) is 24.4 Å². The zero-order valence-electron chi connectivity index (χ0n) is 15.8. The lowest BCUT2D eigenvalue weighted by molar-refractivity contribution is -0.113. The molecule has 1 aromatic carbocycles. The Bertz CT molecular complexity index is 972. The fourth-order valence-corrected chi connectivity index (χ4v) is 3.44. The van der Waals surface area contributed by atoms with E-state index in [1.165, 1.54) is 18.7 Å². The molecule has 0 bridgehead atoms. The second-order valence-electron chi connectivity index (χ2n) is 6.17. The highest BCUT2D eigenvalue weighted by Crippen LogP contribution is 2.24. The zero-order chi connectivity index (χ0) is 19.9. The molecule has 1 N–H and O–H groups in total. The number of pyridine rings is 1. The molecular formula is C20H21N5O2S. The van der Waals surface area contributed by atoms with Crippen LogP contribution in [0, 0.1) is 0 Å². The number of rotatable bonds is 8. The number of nitrogens with one attached hydrogen (secondary N) is 1. The van der Waals surface area contributed by atoms with Gasteiger partial charge in [-0.2, -0.15) is 0 Å². The maximum atomic E-state index is 12.3. The van der Waals surface area contributed by atoms with Gasteiger partial charge in [0, 0.05) is 35.8 Å². The number of carbonyl (C=O) groups is 2. The van der Waals surface area contributed by atoms with E-state index in [-0.39, 0.29) is 17.4 Å². The van der Waals surface area contributed by atoms with Crippen molar-refractivity contribution in [1.82, 2.24) is 19.7 Å². The molecule has 0 atom stereocenters. The van der Waals surface area contributed by atoms with Crippen LogP contribution in [0.4, 0.5) is 5.69 Å². The van der Waals surface area contributed by atoms with Crippen LogP contribution in [0.2, 0.25) is 0 Å². The molecule has 0 aliphatic carbocycles. The minimum Gasteiger partial charge on any atom is -0.325 e. The fraction of sp³-hybridized carbons (Fsp3) is 0.250. The summed E-state index contributed by atoms with van der Waals surface area (Å²) in [6.07, 6.45) is 4.36. The zero-order valence-corrected chi connectivity index (χ0v) is 16.6. The second-order valence-corrected chi connectivity index (χ2v) is 7.11. The lowest BCUT2D eigenvalue weighted by Gasteiger charge is -2.09. The monoisotopic (exact) mass is 395 g/mol. The predicted molar refractivity (Wildman–Crippen MR) is 109 cm³/mol. The predicted octanol–water partition coefficient (Wildman–Crippen LogP) is 3.68. The molecule has 8 heteroatoms. The van der Waals surface area contributed by atoms with E-state index in [1.54, 1.807) is 36.7 Å². The number of hydrogen-bond donors (Lipinski definition) is 1. The SMILES string of the molecule is CCCn1c(SCC(=O)Nc2cccc(C(C)=O)c2)nnc1-c1ccncc1. The number of ketones is 1. The molecule has 28 heavy (non-hydrogen) atoms. The molecule has 0 fully saturated rings. The van der Waals surface area contributed by atoms with E-state index < -0.39 is 0 Å². The van der Waals surface area contributed by atoms with Gasteiger partial charge in [0.05, 0.1) is 5.75 Å². The quantitative estimate of drug-likeness (QED) is 0.462. The van der Waals surface area contributed by atoms with E-state index in [4.69, 9.17) is 0 Å². The summed E-state index contributed by atoms with van der Waals surface area (Å²) in [6.45, 7) is 4.34. The van der Waals surface area contributed by atoms with Gasteiger partial charge in [-0.1, -0.05) is 30.8 Å². The number of anilines is 1. The van der Waals surface area contributed by atoms with E-state index in [2.05, 4.69) is 27.4 Å². The second kappa shape index (κ2) is 9.27. The van der Waals surface area contributed by atoms with Crippen molar-refractivity contribution in [2.75, 3.05) is 11.1 Å². The number of benzene rings is 1. The first-order valence-electron chi connectivity index (χ1n) is 8.95. The van der Waals surface area contributed by atoms with Crippen LogP contribution in [-0.4, -0.2) is 37.2 Å². The maximum absolute atomic E-state index is 12.3. The van der Waals surface area contributed by atoms with Crippen molar-refractivity contribution in [3.8, 4) is 11.4 Å². The first-order valence-corrected chi connectivity index (χ1v) is 9.94. The third-order valence-electron chi connectivity index (χ3n) is 3.99. The Hall–Kier alpha value is -3.00. The third-order valence-corrected chi connectivity index (χ3v) is 4.95. The van der Waals surface area contributed by atoms with Gasteiger partial charge in [-0.15, -0.1) is 10.2 Å². The standard InChI is InChI=1S/C20H21N5O2S/c1-3-11-25-19(15-7-9-21-10-8-15)23-24-20(25)28-13-18(27)22-17-6-4-5-16(12-17)14(2)26/h4-10,12H,3,11,13H2,1-2H3,(H,22,27). The molecule has 1 amide bonds. The van der Waals surface area contributed by atoms with Crippen LogP contribution in [-0.2, 0) is 11.3 Å². The molecule has 3 rings (SSSR count). The van der Waals surface area contributed by atoms with Crippen molar-refractivity contribution in [2.45, 2.75) is 32.0 Å². The van der Waals surface area contributed by atoms with Gasteiger partial charge in [-0.25, -0.2) is 0 Å². The van der Waals surface area contributed by atoms with Crippen LogP contribution in [0.3, 0.4) is 0 Å². The van der Waals surface area contributed by atoms with Gasteiger partial charge in [-0.3, -0.25) is 14.6 Å². The summed E-state index contributed by atoms with van der Waals surface area (Å²) in [5.74, 6) is 0.757. The average Bonchev–Trinajstić information content (AvgIpc) is 3.10. The highest BCUT2D eigenvalue weighted by molar-refractivity contribution is 7.99. The molecule has 0 spiro atoms. The Morgan fingerprint density at radius 1 is 1.14 bits per heavy atom. The smallest absolute Gasteiger partial charge is 0.234 e. The van der Waals surface area contributed by atoms with Crippen LogP contribution in [0.1, 0.15) is 30.6 Å². The lowest BCUT2D eigenvalue weighted by Crippen LogP contribution is -2.15. The van der Waals surface area contributed by atoms with Crippen LogP contribution in [0.25, 0.3) is 11.4 Å². The molecule has 2 aromatic heterocycles. The summed E-state index contributed by atoms with van der Waals surface area (Å²) in [5, 5.41) is 12.1. The molecular weight excluding hydrogens is 374 g/mol. The van der Waals surface area contributed by atoms with Crippen LogP contribution in [0.5, 0.6) is 0 Å². The summed E-state index contributed by atoms with van der Waals surface area (Å²) in [4.78, 5) is 27.8. The highest BCUT2D eigenvalue weighted by Gasteiger charge is 2.15. The van der Waals surface area contributed by atoms with E-state index in [9.17, 15) is 9.59 Å². The topological polar surface area (TPSA) is 89.8 Å². The van der Waals surface area contributed by atoms with Gasteiger partial charge in [-0.05, 0) is 37.6 Å². The van der Waals surface area contributed by atoms with Gasteiger partial charge >= 0.3 is 0 Å². The number of aromatic nitrogens is 4. The minimum absolute atomic E-state index is 0.0400. The molecule has 0 aliphatic rings. The van der Waals surface area contributed by atoms with Crippen molar-refractivity contribution in [3.63, 3.8) is 0 Å². The number of amides is 1. The van der Waals surface area contributed by atoms with E-state index in [0.29, 0.717) is 16.4 Å². The Labute approximate surface area is 167 Å². The molecule has 0 unspecified atom stereocenters. The largest absolute Gasteiger partial charge is 0.325 e. The van der Waals surface area contributed by atoms with Gasteiger partial charge < -0.3 is 9.88 Å². The summed E-state index contributed by atoms with van der Waals surface area (Å²) in [6, 6.07) is 10.7. The van der Waals surface area contributed by atoms with E-state index >= 15 is 0 Å². The summed E-state index contributed by atoms with van der Waals surface area (Å²) in [7, 11) is 0. The summed E-state index contributed by atoms with van der Waals surface area (Å²) in [5.41, 5.74) is 2.11. The van der Waals surface area contributed by atoms with Crippen molar-refractivity contribution in [2.24, 2.45) is 0 Å². The molecule has 0 radical (unpaired) electrons. The van der Waals surface area contributed by atoms with Gasteiger partial charge in [0.15, 0.2) is 16.8 Å². The molecule has 3 aromatic rings. The molecule has 0 aliphatic heterocycles. The number of Topliss-reactive ketones (excluding diaryl/α,β-unsaturated/α-hetero) is 1. The Morgan fingerprint density at radius 3 is 2.64 bits per heavy atom.